The van der Waals surface area contributed by atoms with Gasteiger partial charge in [0.2, 0.25) is 0 Å². The van der Waals surface area contributed by atoms with E-state index in [9.17, 15) is 9.59 Å². The molecule has 0 radical (unpaired) electrons. The molecule has 35 heavy (non-hydrogen) atoms. The summed E-state index contributed by atoms with van der Waals surface area (Å²) in [6.45, 7) is 4.39. The second-order valence-corrected chi connectivity index (χ2v) is 8.55. The zero-order chi connectivity index (χ0) is 25.0. The molecule has 0 saturated carbocycles. The maximum atomic E-state index is 12.4. The molecule has 3 aromatic rings. The van der Waals surface area contributed by atoms with Crippen molar-refractivity contribution in [3.63, 3.8) is 0 Å². The number of carbonyl (C=O) groups is 2. The summed E-state index contributed by atoms with van der Waals surface area (Å²) in [6, 6.07) is 20.8. The predicted octanol–water partition coefficient (Wildman–Crippen LogP) is 5.76. The van der Waals surface area contributed by atoms with Crippen molar-refractivity contribution in [1.29, 1.82) is 0 Å². The third-order valence-electron chi connectivity index (χ3n) is 4.83. The molecule has 7 nitrogen and oxygen atoms in total. The van der Waals surface area contributed by atoms with Crippen molar-refractivity contribution in [2.24, 2.45) is 5.10 Å². The van der Waals surface area contributed by atoms with Gasteiger partial charge in [-0.05, 0) is 91.7 Å². The summed E-state index contributed by atoms with van der Waals surface area (Å²) in [6.07, 6.45) is 2.82. The molecule has 0 heterocycles. The van der Waals surface area contributed by atoms with Gasteiger partial charge in [-0.25, -0.2) is 10.2 Å². The van der Waals surface area contributed by atoms with Crippen LogP contribution in [0.1, 0.15) is 42.6 Å². The van der Waals surface area contributed by atoms with E-state index in [1.807, 2.05) is 12.1 Å². The molecule has 0 aliphatic carbocycles. The molecule has 0 aliphatic rings. The maximum absolute atomic E-state index is 12.4. The first-order valence-corrected chi connectivity index (χ1v) is 12.0. The Balaban J connectivity index is 1.46. The first-order chi connectivity index (χ1) is 16.9. The first-order valence-electron chi connectivity index (χ1n) is 11.2. The maximum Gasteiger partial charge on any atom is 0.343 e. The van der Waals surface area contributed by atoms with Crippen LogP contribution in [0.5, 0.6) is 17.2 Å². The number of halogens is 1. The normalized spacial score (nSPS) is 11.6. The molecule has 0 unspecified atom stereocenters. The Labute approximate surface area is 213 Å². The molecule has 8 heteroatoms. The third-order valence-corrected chi connectivity index (χ3v) is 5.36. The van der Waals surface area contributed by atoms with Crippen molar-refractivity contribution < 1.29 is 23.8 Å². The third kappa shape index (κ3) is 8.57. The largest absolute Gasteiger partial charge is 0.494 e. The van der Waals surface area contributed by atoms with Crippen molar-refractivity contribution in [3.8, 4) is 17.2 Å². The van der Waals surface area contributed by atoms with Gasteiger partial charge in [-0.15, -0.1) is 0 Å². The van der Waals surface area contributed by atoms with Crippen molar-refractivity contribution in [2.45, 2.75) is 32.8 Å². The highest BCUT2D eigenvalue weighted by atomic mass is 79.9. The van der Waals surface area contributed by atoms with E-state index >= 15 is 0 Å². The molecule has 1 atom stereocenters. The van der Waals surface area contributed by atoms with E-state index in [-0.39, 0.29) is 5.91 Å². The Morgan fingerprint density at radius 3 is 2.23 bits per heavy atom. The topological polar surface area (TPSA) is 86.2 Å². The molecule has 1 amide bonds. The van der Waals surface area contributed by atoms with E-state index in [4.69, 9.17) is 14.2 Å². The van der Waals surface area contributed by atoms with Crippen molar-refractivity contribution in [1.82, 2.24) is 5.43 Å². The number of hydrazone groups is 1. The minimum Gasteiger partial charge on any atom is -0.494 e. The lowest BCUT2D eigenvalue weighted by molar-refractivity contribution is -0.127. The number of hydrogen-bond acceptors (Lipinski definition) is 6. The monoisotopic (exact) mass is 538 g/mol. The van der Waals surface area contributed by atoms with Gasteiger partial charge in [-0.3, -0.25) is 4.79 Å². The highest BCUT2D eigenvalue weighted by Gasteiger charge is 2.14. The lowest BCUT2D eigenvalue weighted by Crippen LogP contribution is -2.33. The Hall–Kier alpha value is -3.65. The molecular formula is C27H27BrN2O5. The van der Waals surface area contributed by atoms with Crippen LogP contribution in [0.25, 0.3) is 0 Å². The highest BCUT2D eigenvalue weighted by Crippen LogP contribution is 2.18. The zero-order valence-corrected chi connectivity index (χ0v) is 21.2. The van der Waals surface area contributed by atoms with Crippen LogP contribution < -0.4 is 19.6 Å². The quantitative estimate of drug-likeness (QED) is 0.110. The number of rotatable bonds is 11. The summed E-state index contributed by atoms with van der Waals surface area (Å²) in [7, 11) is 0. The molecule has 0 saturated heterocycles. The summed E-state index contributed by atoms with van der Waals surface area (Å²) in [5.41, 5.74) is 3.61. The van der Waals surface area contributed by atoms with Gasteiger partial charge >= 0.3 is 5.97 Å². The van der Waals surface area contributed by atoms with Gasteiger partial charge in [0, 0.05) is 4.47 Å². The number of amides is 1. The number of nitrogens with zero attached hydrogens (tertiary/aromatic N) is 1. The number of carbonyl (C=O) groups excluding carboxylic acids is 2. The lowest BCUT2D eigenvalue weighted by atomic mass is 10.2. The summed E-state index contributed by atoms with van der Waals surface area (Å²) >= 11 is 3.35. The van der Waals surface area contributed by atoms with Gasteiger partial charge in [-0.1, -0.05) is 29.3 Å². The molecule has 3 aromatic carbocycles. The van der Waals surface area contributed by atoms with Crippen molar-refractivity contribution >= 4 is 34.0 Å². The van der Waals surface area contributed by atoms with Gasteiger partial charge in [0.25, 0.3) is 5.91 Å². The van der Waals surface area contributed by atoms with Gasteiger partial charge in [0.05, 0.1) is 18.4 Å². The van der Waals surface area contributed by atoms with Crippen LogP contribution in [0.3, 0.4) is 0 Å². The lowest BCUT2D eigenvalue weighted by Gasteiger charge is -2.12. The van der Waals surface area contributed by atoms with Crippen molar-refractivity contribution in [3.05, 3.63) is 88.4 Å². The molecule has 1 N–H and O–H groups in total. The molecule has 182 valence electrons. The van der Waals surface area contributed by atoms with Crippen LogP contribution in [0.2, 0.25) is 0 Å². The SMILES string of the molecule is CCCCOc1ccc(C(=O)Oc2ccc(/C=N\NC(=O)[C@H](C)Oc3ccc(Br)cc3)cc2)cc1. The van der Waals surface area contributed by atoms with Crippen LogP contribution in [0.4, 0.5) is 0 Å². The average Bonchev–Trinajstić information content (AvgIpc) is 2.87. The zero-order valence-electron chi connectivity index (χ0n) is 19.6. The fourth-order valence-corrected chi connectivity index (χ4v) is 3.11. The highest BCUT2D eigenvalue weighted by molar-refractivity contribution is 9.10. The summed E-state index contributed by atoms with van der Waals surface area (Å²) in [5, 5.41) is 3.96. The van der Waals surface area contributed by atoms with Crippen LogP contribution in [-0.2, 0) is 4.79 Å². The molecule has 0 spiro atoms. The van der Waals surface area contributed by atoms with Crippen molar-refractivity contribution in [2.75, 3.05) is 6.61 Å². The Kier molecular flexibility index (Phi) is 9.86. The Morgan fingerprint density at radius 1 is 0.943 bits per heavy atom. The van der Waals surface area contributed by atoms with E-state index in [0.717, 1.165) is 28.6 Å². The Morgan fingerprint density at radius 2 is 1.57 bits per heavy atom. The molecule has 0 bridgehead atoms. The van der Waals surface area contributed by atoms with Gasteiger partial charge in [0.1, 0.15) is 17.2 Å². The molecular weight excluding hydrogens is 512 g/mol. The predicted molar refractivity (Wildman–Crippen MR) is 138 cm³/mol. The van der Waals surface area contributed by atoms with E-state index in [1.165, 1.54) is 6.21 Å². The fraction of sp³-hybridized carbons (Fsp3) is 0.222. The molecule has 0 aromatic heterocycles. The average molecular weight is 539 g/mol. The van der Waals surface area contributed by atoms with Gasteiger partial charge < -0.3 is 14.2 Å². The first kappa shape index (κ1) is 26.0. The molecule has 3 rings (SSSR count). The number of esters is 1. The van der Waals surface area contributed by atoms with Crippen LogP contribution in [-0.4, -0.2) is 30.8 Å². The fourth-order valence-electron chi connectivity index (χ4n) is 2.84. The minimum absolute atomic E-state index is 0.378. The van der Waals surface area contributed by atoms with E-state index in [1.54, 1.807) is 67.6 Å². The van der Waals surface area contributed by atoms with Crippen LogP contribution >= 0.6 is 15.9 Å². The number of hydrogen-bond donors (Lipinski definition) is 1. The molecule has 0 aliphatic heterocycles. The number of unbranched alkanes of at least 4 members (excludes halogenated alkanes) is 1. The smallest absolute Gasteiger partial charge is 0.343 e. The van der Waals surface area contributed by atoms with Gasteiger partial charge in [-0.2, -0.15) is 5.10 Å². The Bertz CT molecular complexity index is 1130. The summed E-state index contributed by atoms with van der Waals surface area (Å²) < 4.78 is 17.5. The number of ether oxygens (including phenoxy) is 3. The summed E-state index contributed by atoms with van der Waals surface area (Å²) in [4.78, 5) is 24.6. The standard InChI is InChI=1S/C27H27BrN2O5/c1-3-4-17-33-23-13-7-21(8-14-23)27(32)35-25-11-5-20(6-12-25)18-29-30-26(31)19(2)34-24-15-9-22(28)10-16-24/h5-16,18-19H,3-4,17H2,1-2H3,(H,30,31)/b29-18-/t19-/m0/s1. The second-order valence-electron chi connectivity index (χ2n) is 7.63. The summed E-state index contributed by atoms with van der Waals surface area (Å²) in [5.74, 6) is 0.868. The van der Waals surface area contributed by atoms with E-state index in [0.29, 0.717) is 23.7 Å². The minimum atomic E-state index is -0.716. The molecule has 0 fully saturated rings. The van der Waals surface area contributed by atoms with Crippen LogP contribution in [0, 0.1) is 0 Å². The van der Waals surface area contributed by atoms with E-state index in [2.05, 4.69) is 33.4 Å². The van der Waals surface area contributed by atoms with Gasteiger partial charge in [0.15, 0.2) is 6.10 Å². The second kappa shape index (κ2) is 13.3. The number of benzene rings is 3. The number of nitrogens with one attached hydrogen (secondary N) is 1. The van der Waals surface area contributed by atoms with Crippen LogP contribution in [0.15, 0.2) is 82.4 Å². The van der Waals surface area contributed by atoms with E-state index < -0.39 is 12.1 Å².